The van der Waals surface area contributed by atoms with Crippen LogP contribution in [-0.2, 0) is 19.5 Å². The quantitative estimate of drug-likeness (QED) is 0.846. The Balaban J connectivity index is 0.000000555. The summed E-state index contributed by atoms with van der Waals surface area (Å²) in [6, 6.07) is 10.2. The maximum absolute atomic E-state index is 11.1. The maximum atomic E-state index is 11.1. The molecular formula is C12H17Cl2NO3S. The van der Waals surface area contributed by atoms with Crippen molar-refractivity contribution in [3.63, 3.8) is 0 Å². The molecular weight excluding hydrogens is 309 g/mol. The summed E-state index contributed by atoms with van der Waals surface area (Å²) in [5.41, 5.74) is 1.27. The lowest BCUT2D eigenvalue weighted by atomic mass is 10.1. The Morgan fingerprint density at radius 3 is 2.21 bits per heavy atom. The second-order valence-corrected chi connectivity index (χ2v) is 7.38. The summed E-state index contributed by atoms with van der Waals surface area (Å²) in [5.74, 6) is 0.156. The van der Waals surface area contributed by atoms with Crippen molar-refractivity contribution in [1.29, 1.82) is 0 Å². The Hall–Kier alpha value is -0.780. The average molecular weight is 326 g/mol. The lowest BCUT2D eigenvalue weighted by Gasteiger charge is -2.03. The molecule has 0 atom stereocenters. The minimum absolute atomic E-state index is 0.156. The molecule has 0 radical (unpaired) electrons. The van der Waals surface area contributed by atoms with Crippen LogP contribution in [0.4, 0.5) is 0 Å². The first-order valence-electron chi connectivity index (χ1n) is 5.77. The molecule has 0 aliphatic carbocycles. The van der Waals surface area contributed by atoms with E-state index in [1.165, 1.54) is 5.56 Å². The highest BCUT2D eigenvalue weighted by Gasteiger charge is 1.97. The third-order valence-electron chi connectivity index (χ3n) is 2.06. The molecule has 1 rings (SSSR count). The van der Waals surface area contributed by atoms with Gasteiger partial charge in [0.1, 0.15) is 0 Å². The van der Waals surface area contributed by atoms with Crippen molar-refractivity contribution in [3.05, 3.63) is 35.9 Å². The third-order valence-corrected chi connectivity index (χ3v) is 2.06. The standard InChI is InChI=1S/C12H17NO.Cl2O2S/c1-2-6-12(14)13-10-9-11-7-4-3-5-8-11;1-5(2,3)4/h3-5,7-8H,2,6,9-10H2,1H3,(H,13,14);. The van der Waals surface area contributed by atoms with Gasteiger partial charge in [0, 0.05) is 34.3 Å². The number of rotatable bonds is 5. The van der Waals surface area contributed by atoms with Crippen molar-refractivity contribution >= 4 is 35.5 Å². The monoisotopic (exact) mass is 325 g/mol. The van der Waals surface area contributed by atoms with Crippen molar-refractivity contribution in [2.24, 2.45) is 0 Å². The minimum Gasteiger partial charge on any atom is -0.356 e. The molecule has 4 nitrogen and oxygen atoms in total. The predicted molar refractivity (Wildman–Crippen MR) is 78.7 cm³/mol. The van der Waals surface area contributed by atoms with Crippen LogP contribution in [0, 0.1) is 0 Å². The first-order chi connectivity index (χ1) is 8.83. The van der Waals surface area contributed by atoms with Gasteiger partial charge in [-0.05, 0) is 18.4 Å². The highest BCUT2D eigenvalue weighted by molar-refractivity contribution is 8.31. The van der Waals surface area contributed by atoms with Gasteiger partial charge in [-0.3, -0.25) is 4.79 Å². The average Bonchev–Trinajstić information content (AvgIpc) is 2.28. The summed E-state index contributed by atoms with van der Waals surface area (Å²) in [6.45, 7) is 2.75. The number of hydrogen-bond acceptors (Lipinski definition) is 3. The fraction of sp³-hybridized carbons (Fsp3) is 0.417. The van der Waals surface area contributed by atoms with E-state index >= 15 is 0 Å². The molecule has 1 aromatic rings. The molecule has 0 aromatic heterocycles. The Morgan fingerprint density at radius 2 is 1.74 bits per heavy atom. The number of hydrogen-bond donors (Lipinski definition) is 1. The lowest BCUT2D eigenvalue weighted by Crippen LogP contribution is -2.25. The second-order valence-electron chi connectivity index (χ2n) is 3.71. The molecule has 19 heavy (non-hydrogen) atoms. The second kappa shape index (κ2) is 10.1. The maximum Gasteiger partial charge on any atom is 0.317 e. The number of nitrogens with one attached hydrogen (secondary N) is 1. The van der Waals surface area contributed by atoms with Crippen LogP contribution in [0.3, 0.4) is 0 Å². The smallest absolute Gasteiger partial charge is 0.317 e. The molecule has 0 aliphatic rings. The van der Waals surface area contributed by atoms with Crippen LogP contribution >= 0.6 is 21.4 Å². The largest absolute Gasteiger partial charge is 0.356 e. The summed E-state index contributed by atoms with van der Waals surface area (Å²) in [7, 11) is 4.81. The lowest BCUT2D eigenvalue weighted by molar-refractivity contribution is -0.121. The highest BCUT2D eigenvalue weighted by atomic mass is 36.0. The zero-order valence-electron chi connectivity index (χ0n) is 10.6. The van der Waals surface area contributed by atoms with Gasteiger partial charge in [-0.15, -0.1) is 0 Å². The van der Waals surface area contributed by atoms with Gasteiger partial charge in [-0.2, -0.15) is 8.42 Å². The molecule has 0 fully saturated rings. The van der Waals surface area contributed by atoms with E-state index < -0.39 is 8.26 Å². The van der Waals surface area contributed by atoms with Gasteiger partial charge in [-0.25, -0.2) is 0 Å². The zero-order valence-corrected chi connectivity index (χ0v) is 12.9. The Kier molecular flexibility index (Phi) is 9.65. The summed E-state index contributed by atoms with van der Waals surface area (Å²) in [5, 5.41) is 2.89. The van der Waals surface area contributed by atoms with E-state index in [1.54, 1.807) is 0 Å². The molecule has 0 heterocycles. The predicted octanol–water partition coefficient (Wildman–Crippen LogP) is 2.85. The number of benzene rings is 1. The third kappa shape index (κ3) is 15.2. The molecule has 0 saturated heterocycles. The minimum atomic E-state index is -3.72. The highest BCUT2D eigenvalue weighted by Crippen LogP contribution is 1.99. The van der Waals surface area contributed by atoms with Crippen LogP contribution in [-0.4, -0.2) is 20.9 Å². The number of amides is 1. The summed E-state index contributed by atoms with van der Waals surface area (Å²) in [4.78, 5) is 11.1. The zero-order chi connectivity index (χ0) is 14.7. The normalized spacial score (nSPS) is 10.3. The molecule has 1 N–H and O–H groups in total. The first kappa shape index (κ1) is 18.2. The number of carbonyl (C=O) groups is 1. The summed E-state index contributed by atoms with van der Waals surface area (Å²) in [6.07, 6.45) is 2.46. The molecule has 0 aliphatic heterocycles. The molecule has 0 spiro atoms. The van der Waals surface area contributed by atoms with Gasteiger partial charge >= 0.3 is 8.26 Å². The van der Waals surface area contributed by atoms with Crippen LogP contribution in [0.5, 0.6) is 0 Å². The van der Waals surface area contributed by atoms with Crippen LogP contribution in [0.15, 0.2) is 30.3 Å². The van der Waals surface area contributed by atoms with Crippen molar-refractivity contribution in [1.82, 2.24) is 5.32 Å². The number of halogens is 2. The summed E-state index contributed by atoms with van der Waals surface area (Å²) >= 11 is 0. The van der Waals surface area contributed by atoms with Gasteiger partial charge in [0.05, 0.1) is 0 Å². The van der Waals surface area contributed by atoms with Gasteiger partial charge < -0.3 is 5.32 Å². The van der Waals surface area contributed by atoms with Crippen molar-refractivity contribution in [2.75, 3.05) is 6.54 Å². The van der Waals surface area contributed by atoms with Gasteiger partial charge in [0.15, 0.2) is 0 Å². The Morgan fingerprint density at radius 1 is 1.21 bits per heavy atom. The van der Waals surface area contributed by atoms with Gasteiger partial charge in [0.25, 0.3) is 0 Å². The molecule has 7 heteroatoms. The van der Waals surface area contributed by atoms with Crippen molar-refractivity contribution < 1.29 is 13.2 Å². The number of carbonyl (C=O) groups excluding carboxylic acids is 1. The van der Waals surface area contributed by atoms with E-state index in [0.717, 1.165) is 19.4 Å². The molecule has 0 saturated carbocycles. The van der Waals surface area contributed by atoms with Crippen LogP contribution in [0.2, 0.25) is 0 Å². The van der Waals surface area contributed by atoms with Crippen molar-refractivity contribution in [3.8, 4) is 0 Å². The van der Waals surface area contributed by atoms with Crippen LogP contribution in [0.1, 0.15) is 25.3 Å². The van der Waals surface area contributed by atoms with E-state index in [9.17, 15) is 4.79 Å². The molecule has 1 aromatic carbocycles. The fourth-order valence-electron chi connectivity index (χ4n) is 1.31. The van der Waals surface area contributed by atoms with Gasteiger partial charge in [0.2, 0.25) is 5.91 Å². The Bertz CT molecular complexity index is 455. The van der Waals surface area contributed by atoms with E-state index in [1.807, 2.05) is 25.1 Å². The van der Waals surface area contributed by atoms with E-state index in [0.29, 0.717) is 6.42 Å². The van der Waals surface area contributed by atoms with E-state index in [2.05, 4.69) is 38.8 Å². The van der Waals surface area contributed by atoms with Gasteiger partial charge in [-0.1, -0.05) is 37.3 Å². The van der Waals surface area contributed by atoms with Crippen LogP contribution < -0.4 is 5.32 Å². The molecule has 1 amide bonds. The van der Waals surface area contributed by atoms with Crippen molar-refractivity contribution in [2.45, 2.75) is 26.2 Å². The topological polar surface area (TPSA) is 63.2 Å². The SMILES string of the molecule is CCCC(=O)NCCc1ccccc1.O=S(=O)(Cl)Cl. The first-order valence-corrected chi connectivity index (χ1v) is 8.91. The molecule has 0 unspecified atom stereocenters. The molecule has 108 valence electrons. The van der Waals surface area contributed by atoms with Crippen LogP contribution in [0.25, 0.3) is 0 Å². The summed E-state index contributed by atoms with van der Waals surface area (Å²) < 4.78 is 18.3. The molecule has 0 bridgehead atoms. The fourth-order valence-corrected chi connectivity index (χ4v) is 1.31. The Labute approximate surface area is 123 Å². The van der Waals surface area contributed by atoms with E-state index in [-0.39, 0.29) is 5.91 Å². The van der Waals surface area contributed by atoms with E-state index in [4.69, 9.17) is 8.42 Å².